The van der Waals surface area contributed by atoms with E-state index in [1.54, 1.807) is 0 Å². The van der Waals surface area contributed by atoms with Crippen LogP contribution in [0.2, 0.25) is 0 Å². The van der Waals surface area contributed by atoms with Gasteiger partial charge in [0.15, 0.2) is 0 Å². The number of hydrogen-bond acceptors (Lipinski definition) is 3. The van der Waals surface area contributed by atoms with E-state index in [1.165, 1.54) is 0 Å². The van der Waals surface area contributed by atoms with Crippen molar-refractivity contribution in [1.29, 1.82) is 0 Å². The van der Waals surface area contributed by atoms with Crippen molar-refractivity contribution in [2.24, 2.45) is 11.7 Å². The monoisotopic (exact) mass is 262 g/mol. The largest absolute Gasteiger partial charge is 0.494 e. The minimum absolute atomic E-state index is 0.0433. The summed E-state index contributed by atoms with van der Waals surface area (Å²) in [5.74, 6) is 1.16. The van der Waals surface area contributed by atoms with E-state index < -0.39 is 0 Å². The summed E-state index contributed by atoms with van der Waals surface area (Å²) in [5, 5.41) is 0. The number of hydrogen-bond donors (Lipinski definition) is 1. The van der Waals surface area contributed by atoms with Gasteiger partial charge in [-0.25, -0.2) is 0 Å². The molecule has 1 amide bonds. The Hall–Kier alpha value is -1.55. The summed E-state index contributed by atoms with van der Waals surface area (Å²) in [7, 11) is 0. The van der Waals surface area contributed by atoms with Crippen LogP contribution in [0.5, 0.6) is 5.75 Å². The smallest absolute Gasteiger partial charge is 0.254 e. The van der Waals surface area contributed by atoms with Crippen LogP contribution in [0.25, 0.3) is 0 Å². The third kappa shape index (κ3) is 3.26. The fourth-order valence-corrected chi connectivity index (χ4v) is 2.28. The van der Waals surface area contributed by atoms with E-state index in [9.17, 15) is 4.79 Å². The second kappa shape index (κ2) is 6.06. The molecule has 2 unspecified atom stereocenters. The van der Waals surface area contributed by atoms with Gasteiger partial charge >= 0.3 is 0 Å². The molecule has 1 aliphatic heterocycles. The Kier molecular flexibility index (Phi) is 4.43. The average molecular weight is 262 g/mol. The molecule has 0 spiro atoms. The van der Waals surface area contributed by atoms with E-state index in [1.807, 2.05) is 29.2 Å². The number of amides is 1. The third-order valence-corrected chi connectivity index (χ3v) is 3.51. The summed E-state index contributed by atoms with van der Waals surface area (Å²) in [6.45, 7) is 6.18. The molecular formula is C15H22N2O2. The van der Waals surface area contributed by atoms with Crippen LogP contribution in [0, 0.1) is 5.92 Å². The topological polar surface area (TPSA) is 55.6 Å². The van der Waals surface area contributed by atoms with Crippen molar-refractivity contribution in [2.45, 2.75) is 26.3 Å². The van der Waals surface area contributed by atoms with Gasteiger partial charge in [-0.2, -0.15) is 0 Å². The standard InChI is InChI=1S/C15H22N2O2/c1-3-7-19-13-6-4-5-12(8-13)15(18)17-9-11(2)14(16)10-17/h4-6,8,11,14H,3,7,9-10,16H2,1-2H3. The summed E-state index contributed by atoms with van der Waals surface area (Å²) in [4.78, 5) is 14.2. The first-order chi connectivity index (χ1) is 9.11. The zero-order valence-corrected chi connectivity index (χ0v) is 11.6. The molecule has 2 rings (SSSR count). The van der Waals surface area contributed by atoms with Crippen LogP contribution in [0.4, 0.5) is 0 Å². The molecule has 1 fully saturated rings. The zero-order valence-electron chi connectivity index (χ0n) is 11.6. The van der Waals surface area contributed by atoms with E-state index in [2.05, 4.69) is 13.8 Å². The molecule has 0 saturated carbocycles. The molecule has 1 aromatic carbocycles. The van der Waals surface area contributed by atoms with Gasteiger partial charge < -0.3 is 15.4 Å². The Labute approximate surface area is 114 Å². The van der Waals surface area contributed by atoms with Crippen LogP contribution in [0.1, 0.15) is 30.6 Å². The molecule has 1 aliphatic rings. The second-order valence-electron chi connectivity index (χ2n) is 5.23. The molecular weight excluding hydrogens is 240 g/mol. The van der Waals surface area contributed by atoms with Crippen molar-refractivity contribution in [3.8, 4) is 5.75 Å². The van der Waals surface area contributed by atoms with Gasteiger partial charge in [0.25, 0.3) is 5.91 Å². The minimum Gasteiger partial charge on any atom is -0.494 e. The highest BCUT2D eigenvalue weighted by molar-refractivity contribution is 5.94. The molecule has 1 saturated heterocycles. The van der Waals surface area contributed by atoms with Gasteiger partial charge in [-0.1, -0.05) is 19.9 Å². The highest BCUT2D eigenvalue weighted by Crippen LogP contribution is 2.20. The first-order valence-electron chi connectivity index (χ1n) is 6.89. The fraction of sp³-hybridized carbons (Fsp3) is 0.533. The SMILES string of the molecule is CCCOc1cccc(C(=O)N2CC(C)C(N)C2)c1. The Morgan fingerprint density at radius 2 is 2.26 bits per heavy atom. The lowest BCUT2D eigenvalue weighted by molar-refractivity contribution is 0.0786. The van der Waals surface area contributed by atoms with Crippen LogP contribution >= 0.6 is 0 Å². The van der Waals surface area contributed by atoms with Crippen molar-refractivity contribution >= 4 is 5.91 Å². The number of nitrogens with zero attached hydrogens (tertiary/aromatic N) is 1. The minimum atomic E-state index is 0.0433. The van der Waals surface area contributed by atoms with E-state index >= 15 is 0 Å². The molecule has 2 atom stereocenters. The lowest BCUT2D eigenvalue weighted by Crippen LogP contribution is -2.32. The van der Waals surface area contributed by atoms with Crippen molar-refractivity contribution in [2.75, 3.05) is 19.7 Å². The Morgan fingerprint density at radius 3 is 2.89 bits per heavy atom. The van der Waals surface area contributed by atoms with Gasteiger partial charge in [-0.3, -0.25) is 4.79 Å². The molecule has 4 heteroatoms. The average Bonchev–Trinajstić information content (AvgIpc) is 2.76. The predicted molar refractivity (Wildman–Crippen MR) is 75.3 cm³/mol. The van der Waals surface area contributed by atoms with E-state index in [0.717, 1.165) is 18.7 Å². The molecule has 1 aromatic rings. The first kappa shape index (κ1) is 13.9. The number of carbonyl (C=O) groups excluding carboxylic acids is 1. The highest BCUT2D eigenvalue weighted by Gasteiger charge is 2.30. The summed E-state index contributed by atoms with van der Waals surface area (Å²) < 4.78 is 5.56. The van der Waals surface area contributed by atoms with Gasteiger partial charge in [0.2, 0.25) is 0 Å². The Morgan fingerprint density at radius 1 is 1.47 bits per heavy atom. The van der Waals surface area contributed by atoms with E-state index in [4.69, 9.17) is 10.5 Å². The summed E-state index contributed by atoms with van der Waals surface area (Å²) in [6, 6.07) is 7.47. The maximum absolute atomic E-state index is 12.4. The molecule has 4 nitrogen and oxygen atoms in total. The number of nitrogens with two attached hydrogens (primary N) is 1. The van der Waals surface area contributed by atoms with Crippen molar-refractivity contribution in [3.05, 3.63) is 29.8 Å². The predicted octanol–water partition coefficient (Wildman–Crippen LogP) is 1.89. The molecule has 0 aliphatic carbocycles. The lowest BCUT2D eigenvalue weighted by Gasteiger charge is -2.16. The van der Waals surface area contributed by atoms with Crippen LogP contribution in [0.3, 0.4) is 0 Å². The molecule has 2 N–H and O–H groups in total. The molecule has 0 bridgehead atoms. The van der Waals surface area contributed by atoms with Crippen LogP contribution in [-0.4, -0.2) is 36.5 Å². The number of rotatable bonds is 4. The van der Waals surface area contributed by atoms with Gasteiger partial charge in [0.05, 0.1) is 6.61 Å². The highest BCUT2D eigenvalue weighted by atomic mass is 16.5. The zero-order chi connectivity index (χ0) is 13.8. The fourth-order valence-electron chi connectivity index (χ4n) is 2.28. The number of benzene rings is 1. The molecule has 1 heterocycles. The third-order valence-electron chi connectivity index (χ3n) is 3.51. The molecule has 0 aromatic heterocycles. The lowest BCUT2D eigenvalue weighted by atomic mass is 10.1. The molecule has 19 heavy (non-hydrogen) atoms. The Balaban J connectivity index is 2.07. The molecule has 0 radical (unpaired) electrons. The van der Waals surface area contributed by atoms with Crippen LogP contribution in [0.15, 0.2) is 24.3 Å². The summed E-state index contributed by atoms with van der Waals surface area (Å²) >= 11 is 0. The van der Waals surface area contributed by atoms with Gasteiger partial charge in [-0.15, -0.1) is 0 Å². The Bertz CT molecular complexity index is 438. The van der Waals surface area contributed by atoms with Crippen LogP contribution in [-0.2, 0) is 0 Å². The van der Waals surface area contributed by atoms with Crippen LogP contribution < -0.4 is 10.5 Å². The van der Waals surface area contributed by atoms with Crippen molar-refractivity contribution in [1.82, 2.24) is 4.90 Å². The number of ether oxygens (including phenoxy) is 1. The maximum atomic E-state index is 12.4. The number of likely N-dealkylation sites (tertiary alicyclic amines) is 1. The maximum Gasteiger partial charge on any atom is 0.254 e. The number of carbonyl (C=O) groups is 1. The van der Waals surface area contributed by atoms with Crippen molar-refractivity contribution < 1.29 is 9.53 Å². The second-order valence-corrected chi connectivity index (χ2v) is 5.23. The molecule has 104 valence electrons. The van der Waals surface area contributed by atoms with E-state index in [-0.39, 0.29) is 11.9 Å². The van der Waals surface area contributed by atoms with Gasteiger partial charge in [0.1, 0.15) is 5.75 Å². The quantitative estimate of drug-likeness (QED) is 0.901. The van der Waals surface area contributed by atoms with Crippen molar-refractivity contribution in [3.63, 3.8) is 0 Å². The van der Waals surface area contributed by atoms with Gasteiger partial charge in [0, 0.05) is 24.7 Å². The summed E-state index contributed by atoms with van der Waals surface area (Å²) in [5.41, 5.74) is 6.64. The first-order valence-corrected chi connectivity index (χ1v) is 6.89. The van der Waals surface area contributed by atoms with E-state index in [0.29, 0.717) is 24.6 Å². The summed E-state index contributed by atoms with van der Waals surface area (Å²) in [6.07, 6.45) is 0.955. The normalized spacial score (nSPS) is 22.6. The van der Waals surface area contributed by atoms with Gasteiger partial charge in [-0.05, 0) is 30.5 Å².